The highest BCUT2D eigenvalue weighted by molar-refractivity contribution is 5.66. The van der Waals surface area contributed by atoms with E-state index in [1.165, 1.54) is 0 Å². The van der Waals surface area contributed by atoms with Crippen LogP contribution >= 0.6 is 0 Å². The van der Waals surface area contributed by atoms with Crippen molar-refractivity contribution >= 4 is 5.82 Å². The van der Waals surface area contributed by atoms with Crippen molar-refractivity contribution in [3.8, 4) is 16.9 Å². The van der Waals surface area contributed by atoms with Crippen LogP contribution in [-0.4, -0.2) is 11.6 Å². The number of hydrogen-bond donors (Lipinski definition) is 1. The van der Waals surface area contributed by atoms with Gasteiger partial charge in [-0.3, -0.25) is 0 Å². The molecule has 0 spiro atoms. The molecule has 3 nitrogen and oxygen atoms in total. The molecule has 0 saturated carbocycles. The topological polar surface area (TPSA) is 48.1 Å². The maximum atomic E-state index is 5.71. The minimum atomic E-state index is 0.578. The number of anilines is 1. The van der Waals surface area contributed by atoms with Gasteiger partial charge in [0.1, 0.15) is 11.6 Å². The minimum Gasteiger partial charge on any atom is -0.494 e. The average Bonchev–Trinajstić information content (AvgIpc) is 2.33. The van der Waals surface area contributed by atoms with E-state index in [2.05, 4.69) is 4.98 Å². The summed E-state index contributed by atoms with van der Waals surface area (Å²) >= 11 is 0. The van der Waals surface area contributed by atoms with Gasteiger partial charge in [0, 0.05) is 11.8 Å². The van der Waals surface area contributed by atoms with E-state index >= 15 is 0 Å². The molecule has 1 aromatic heterocycles. The molecule has 0 aliphatic heterocycles. The van der Waals surface area contributed by atoms with Gasteiger partial charge in [-0.15, -0.1) is 0 Å². The number of benzene rings is 1. The second-order valence-electron chi connectivity index (χ2n) is 3.89. The number of pyridine rings is 1. The van der Waals surface area contributed by atoms with Gasteiger partial charge >= 0.3 is 0 Å². The molecular formula is C14H16N2O. The summed E-state index contributed by atoms with van der Waals surface area (Å²) in [6, 6.07) is 10.0. The van der Waals surface area contributed by atoms with Gasteiger partial charge in [0.2, 0.25) is 0 Å². The summed E-state index contributed by atoms with van der Waals surface area (Å²) in [6.45, 7) is 4.60. The summed E-state index contributed by atoms with van der Waals surface area (Å²) in [5.41, 5.74) is 8.84. The maximum absolute atomic E-state index is 5.71. The first-order valence-corrected chi connectivity index (χ1v) is 5.66. The molecule has 0 fully saturated rings. The van der Waals surface area contributed by atoms with Gasteiger partial charge in [-0.25, -0.2) is 4.98 Å². The van der Waals surface area contributed by atoms with Crippen LogP contribution in [0.25, 0.3) is 11.1 Å². The van der Waals surface area contributed by atoms with Crippen molar-refractivity contribution < 1.29 is 4.74 Å². The smallest absolute Gasteiger partial charge is 0.126 e. The number of aryl methyl sites for hydroxylation is 1. The largest absolute Gasteiger partial charge is 0.494 e. The van der Waals surface area contributed by atoms with E-state index in [4.69, 9.17) is 10.5 Å². The van der Waals surface area contributed by atoms with Crippen LogP contribution in [0, 0.1) is 6.92 Å². The van der Waals surface area contributed by atoms with E-state index in [0.29, 0.717) is 12.4 Å². The number of nitrogens with zero attached hydrogens (tertiary/aromatic N) is 1. The Morgan fingerprint density at radius 2 is 2.06 bits per heavy atom. The van der Waals surface area contributed by atoms with Crippen LogP contribution in [-0.2, 0) is 0 Å². The van der Waals surface area contributed by atoms with Crippen molar-refractivity contribution in [2.24, 2.45) is 0 Å². The zero-order chi connectivity index (χ0) is 12.3. The quantitative estimate of drug-likeness (QED) is 0.878. The Labute approximate surface area is 101 Å². The first-order valence-electron chi connectivity index (χ1n) is 5.66. The lowest BCUT2D eigenvalue weighted by Gasteiger charge is -2.07. The third-order valence-electron chi connectivity index (χ3n) is 2.60. The first kappa shape index (κ1) is 11.5. The molecule has 0 atom stereocenters. The van der Waals surface area contributed by atoms with Crippen molar-refractivity contribution in [2.45, 2.75) is 13.8 Å². The number of hydrogen-bond acceptors (Lipinski definition) is 3. The lowest BCUT2D eigenvalue weighted by atomic mass is 10.1. The molecule has 0 aliphatic carbocycles. The predicted molar refractivity (Wildman–Crippen MR) is 70.0 cm³/mol. The Hall–Kier alpha value is -2.03. The van der Waals surface area contributed by atoms with E-state index in [1.54, 1.807) is 6.20 Å². The lowest BCUT2D eigenvalue weighted by Crippen LogP contribution is -1.94. The van der Waals surface area contributed by atoms with Gasteiger partial charge < -0.3 is 10.5 Å². The van der Waals surface area contributed by atoms with Crippen LogP contribution in [0.5, 0.6) is 5.75 Å². The fourth-order valence-electron chi connectivity index (χ4n) is 1.68. The molecule has 1 aromatic carbocycles. The van der Waals surface area contributed by atoms with Crippen LogP contribution in [0.3, 0.4) is 0 Å². The monoisotopic (exact) mass is 228 g/mol. The van der Waals surface area contributed by atoms with Gasteiger partial charge in [0.05, 0.1) is 6.61 Å². The fourth-order valence-corrected chi connectivity index (χ4v) is 1.68. The second-order valence-corrected chi connectivity index (χ2v) is 3.89. The van der Waals surface area contributed by atoms with Crippen LogP contribution < -0.4 is 10.5 Å². The van der Waals surface area contributed by atoms with E-state index in [0.717, 1.165) is 22.4 Å². The standard InChI is InChI=1S/C14H16N2O/c1-3-17-13-6-4-5-11(8-13)12-7-10(2)14(15)16-9-12/h4-9H,3H2,1-2H3,(H2,15,16). The average molecular weight is 228 g/mol. The molecule has 0 unspecified atom stereocenters. The Kier molecular flexibility index (Phi) is 3.28. The molecule has 17 heavy (non-hydrogen) atoms. The molecule has 0 radical (unpaired) electrons. The summed E-state index contributed by atoms with van der Waals surface area (Å²) in [5, 5.41) is 0. The maximum Gasteiger partial charge on any atom is 0.126 e. The normalized spacial score (nSPS) is 10.2. The van der Waals surface area contributed by atoms with Crippen LogP contribution in [0.1, 0.15) is 12.5 Å². The van der Waals surface area contributed by atoms with Gasteiger partial charge in [-0.2, -0.15) is 0 Å². The number of rotatable bonds is 3. The molecule has 3 heteroatoms. The third-order valence-corrected chi connectivity index (χ3v) is 2.60. The molecule has 88 valence electrons. The van der Waals surface area contributed by atoms with Crippen LogP contribution in [0.2, 0.25) is 0 Å². The third kappa shape index (κ3) is 2.56. The van der Waals surface area contributed by atoms with E-state index in [-0.39, 0.29) is 0 Å². The molecule has 0 saturated heterocycles. The summed E-state index contributed by atoms with van der Waals surface area (Å²) in [7, 11) is 0. The zero-order valence-corrected chi connectivity index (χ0v) is 10.1. The predicted octanol–water partition coefficient (Wildman–Crippen LogP) is 3.04. The minimum absolute atomic E-state index is 0.578. The molecule has 2 N–H and O–H groups in total. The first-order chi connectivity index (χ1) is 8.20. The van der Waals surface area contributed by atoms with Crippen molar-refractivity contribution in [1.82, 2.24) is 4.98 Å². The van der Waals surface area contributed by atoms with Gasteiger partial charge in [0.15, 0.2) is 0 Å². The summed E-state index contributed by atoms with van der Waals surface area (Å²) in [4.78, 5) is 4.17. The summed E-state index contributed by atoms with van der Waals surface area (Å²) in [5.74, 6) is 1.45. The van der Waals surface area contributed by atoms with Gasteiger partial charge in [-0.05, 0) is 43.2 Å². The highest BCUT2D eigenvalue weighted by Crippen LogP contribution is 2.25. The van der Waals surface area contributed by atoms with Gasteiger partial charge in [0.25, 0.3) is 0 Å². The summed E-state index contributed by atoms with van der Waals surface area (Å²) < 4.78 is 5.48. The molecule has 2 rings (SSSR count). The van der Waals surface area contributed by atoms with E-state index in [1.807, 2.05) is 44.2 Å². The molecule has 0 aliphatic rings. The number of nitrogens with two attached hydrogens (primary N) is 1. The Bertz CT molecular complexity index is 523. The number of aromatic nitrogens is 1. The highest BCUT2D eigenvalue weighted by atomic mass is 16.5. The van der Waals surface area contributed by atoms with E-state index in [9.17, 15) is 0 Å². The van der Waals surface area contributed by atoms with Crippen LogP contribution in [0.15, 0.2) is 36.5 Å². The number of ether oxygens (including phenoxy) is 1. The highest BCUT2D eigenvalue weighted by Gasteiger charge is 2.02. The van der Waals surface area contributed by atoms with Crippen molar-refractivity contribution in [2.75, 3.05) is 12.3 Å². The summed E-state index contributed by atoms with van der Waals surface area (Å²) in [6.07, 6.45) is 1.79. The molecule has 2 aromatic rings. The van der Waals surface area contributed by atoms with Crippen molar-refractivity contribution in [3.05, 3.63) is 42.1 Å². The number of nitrogen functional groups attached to an aromatic ring is 1. The lowest BCUT2D eigenvalue weighted by molar-refractivity contribution is 0.340. The van der Waals surface area contributed by atoms with Crippen molar-refractivity contribution in [1.29, 1.82) is 0 Å². The molecule has 0 bridgehead atoms. The molecular weight excluding hydrogens is 212 g/mol. The van der Waals surface area contributed by atoms with E-state index < -0.39 is 0 Å². The van der Waals surface area contributed by atoms with Gasteiger partial charge in [-0.1, -0.05) is 12.1 Å². The second kappa shape index (κ2) is 4.87. The Morgan fingerprint density at radius 3 is 2.76 bits per heavy atom. The zero-order valence-electron chi connectivity index (χ0n) is 10.1. The molecule has 0 amide bonds. The Morgan fingerprint density at radius 1 is 1.24 bits per heavy atom. The Balaban J connectivity index is 2.38. The SMILES string of the molecule is CCOc1cccc(-c2cnc(N)c(C)c2)c1. The van der Waals surface area contributed by atoms with Crippen LogP contribution in [0.4, 0.5) is 5.82 Å². The fraction of sp³-hybridized carbons (Fsp3) is 0.214. The molecule has 1 heterocycles. The van der Waals surface area contributed by atoms with Crippen molar-refractivity contribution in [3.63, 3.8) is 0 Å².